The third kappa shape index (κ3) is 3.13. The summed E-state index contributed by atoms with van der Waals surface area (Å²) in [7, 11) is 0. The summed E-state index contributed by atoms with van der Waals surface area (Å²) in [5.74, 6) is 0.751. The van der Waals surface area contributed by atoms with Crippen LogP contribution < -0.4 is 10.6 Å². The third-order valence-corrected chi connectivity index (χ3v) is 6.73. The van der Waals surface area contributed by atoms with E-state index in [0.717, 1.165) is 49.4 Å². The second-order valence-corrected chi connectivity index (χ2v) is 8.31. The van der Waals surface area contributed by atoms with E-state index in [2.05, 4.69) is 38.0 Å². The van der Waals surface area contributed by atoms with Gasteiger partial charge in [-0.15, -0.1) is 0 Å². The van der Waals surface area contributed by atoms with Gasteiger partial charge in [0.25, 0.3) is 0 Å². The molecule has 1 radical (unpaired) electrons. The molecule has 0 amide bonds. The summed E-state index contributed by atoms with van der Waals surface area (Å²) in [6.45, 7) is 4.56. The van der Waals surface area contributed by atoms with Gasteiger partial charge in [0, 0.05) is 42.5 Å². The van der Waals surface area contributed by atoms with Gasteiger partial charge in [0.2, 0.25) is 0 Å². The lowest BCUT2D eigenvalue weighted by Gasteiger charge is -2.41. The van der Waals surface area contributed by atoms with Crippen molar-refractivity contribution in [3.63, 3.8) is 0 Å². The van der Waals surface area contributed by atoms with E-state index in [4.69, 9.17) is 22.1 Å². The Morgan fingerprint density at radius 2 is 2.00 bits per heavy atom. The first kappa shape index (κ1) is 18.7. The number of anilines is 1. The van der Waals surface area contributed by atoms with Crippen molar-refractivity contribution < 1.29 is 4.74 Å². The monoisotopic (exact) mass is 409 g/mol. The standard InChI is InChI=1S/C21H22ClN6O/c1-13-20(23)21(12-29-13)4-8-28(9-5-21)17-11-26-16(10-27-17)14-2-3-15-19(18(14)22)25-7-6-24-15/h2-3,6-7,10,13,20H,4-5,8-9,12,23H2,1H3/t13-,20+/m0/s1. The first-order valence-corrected chi connectivity index (χ1v) is 10.2. The molecule has 2 N–H and O–H groups in total. The van der Waals surface area contributed by atoms with Crippen LogP contribution in [-0.4, -0.2) is 51.8 Å². The normalized spacial score (nSPS) is 23.8. The predicted molar refractivity (Wildman–Crippen MR) is 112 cm³/mol. The van der Waals surface area contributed by atoms with Crippen molar-refractivity contribution in [2.24, 2.45) is 11.1 Å². The lowest BCUT2D eigenvalue weighted by Crippen LogP contribution is -2.50. The Morgan fingerprint density at radius 3 is 2.69 bits per heavy atom. The van der Waals surface area contributed by atoms with Crippen molar-refractivity contribution in [1.82, 2.24) is 19.9 Å². The summed E-state index contributed by atoms with van der Waals surface area (Å²) in [6, 6.07) is 3.88. The van der Waals surface area contributed by atoms with E-state index >= 15 is 0 Å². The highest BCUT2D eigenvalue weighted by Crippen LogP contribution is 2.41. The lowest BCUT2D eigenvalue weighted by atomic mass is 9.73. The molecular weight excluding hydrogens is 388 g/mol. The molecule has 0 aliphatic carbocycles. The summed E-state index contributed by atoms with van der Waals surface area (Å²) in [4.78, 5) is 19.9. The molecule has 3 aromatic rings. The second kappa shape index (κ2) is 7.16. The molecule has 0 unspecified atom stereocenters. The van der Waals surface area contributed by atoms with E-state index in [1.54, 1.807) is 18.6 Å². The Balaban J connectivity index is 1.35. The molecule has 1 aromatic carbocycles. The molecule has 2 aromatic heterocycles. The number of halogens is 1. The first-order valence-electron chi connectivity index (χ1n) is 9.84. The average Bonchev–Trinajstić information content (AvgIpc) is 3.04. The third-order valence-electron chi connectivity index (χ3n) is 6.35. The zero-order valence-corrected chi connectivity index (χ0v) is 16.9. The van der Waals surface area contributed by atoms with Gasteiger partial charge >= 0.3 is 0 Å². The molecule has 2 aliphatic rings. The van der Waals surface area contributed by atoms with E-state index in [9.17, 15) is 0 Å². The molecule has 2 aliphatic heterocycles. The van der Waals surface area contributed by atoms with Crippen molar-refractivity contribution in [2.75, 3.05) is 24.6 Å². The smallest absolute Gasteiger partial charge is 0.157 e. The molecule has 2 saturated heterocycles. The van der Waals surface area contributed by atoms with Crippen LogP contribution in [0.4, 0.5) is 5.82 Å². The van der Waals surface area contributed by atoms with Crippen molar-refractivity contribution in [1.29, 1.82) is 0 Å². The van der Waals surface area contributed by atoms with Crippen LogP contribution >= 0.6 is 11.6 Å². The molecule has 8 heteroatoms. The average molecular weight is 410 g/mol. The molecule has 0 saturated carbocycles. The van der Waals surface area contributed by atoms with Gasteiger partial charge < -0.3 is 15.4 Å². The first-order chi connectivity index (χ1) is 14.1. The summed E-state index contributed by atoms with van der Waals surface area (Å²) in [6.07, 6.45) is 10.2. The highest BCUT2D eigenvalue weighted by atomic mass is 35.5. The van der Waals surface area contributed by atoms with Gasteiger partial charge in [-0.3, -0.25) is 9.97 Å². The molecular formula is C21H22ClN6O. The minimum Gasteiger partial charge on any atom is -0.376 e. The molecule has 5 rings (SSSR count). The van der Waals surface area contributed by atoms with E-state index in [1.165, 1.54) is 0 Å². The van der Waals surface area contributed by atoms with Gasteiger partial charge in [-0.2, -0.15) is 0 Å². The number of hydrogen-bond acceptors (Lipinski definition) is 7. The molecule has 7 nitrogen and oxygen atoms in total. The molecule has 4 heterocycles. The largest absolute Gasteiger partial charge is 0.376 e. The number of benzene rings is 1. The van der Waals surface area contributed by atoms with E-state index < -0.39 is 0 Å². The number of aromatic nitrogens is 4. The van der Waals surface area contributed by atoms with E-state index in [-0.39, 0.29) is 17.6 Å². The Morgan fingerprint density at radius 1 is 1.21 bits per heavy atom. The van der Waals surface area contributed by atoms with Crippen molar-refractivity contribution in [2.45, 2.75) is 31.9 Å². The zero-order chi connectivity index (χ0) is 20.0. The van der Waals surface area contributed by atoms with E-state index in [0.29, 0.717) is 16.2 Å². The number of nitrogens with two attached hydrogens (primary N) is 1. The van der Waals surface area contributed by atoms with Crippen LogP contribution in [0.1, 0.15) is 19.8 Å². The van der Waals surface area contributed by atoms with Gasteiger partial charge in [0.15, 0.2) is 5.82 Å². The fraction of sp³-hybridized carbons (Fsp3) is 0.429. The highest BCUT2D eigenvalue weighted by Gasteiger charge is 2.47. The highest BCUT2D eigenvalue weighted by molar-refractivity contribution is 6.37. The SMILES string of the molecule is C[C@@H]1OCC2(CCN(c3[c]nc(-c4ccc5nccnc5c4Cl)cn3)CC2)[C@@H]1N. The second-order valence-electron chi connectivity index (χ2n) is 7.93. The predicted octanol–water partition coefficient (Wildman–Crippen LogP) is 2.87. The van der Waals surface area contributed by atoms with Crippen LogP contribution in [0.5, 0.6) is 0 Å². The molecule has 2 atom stereocenters. The fourth-order valence-corrected chi connectivity index (χ4v) is 4.72. The Labute approximate surface area is 174 Å². The molecule has 29 heavy (non-hydrogen) atoms. The number of fused-ring (bicyclic) bond motifs is 1. The summed E-state index contributed by atoms with van der Waals surface area (Å²) in [5, 5.41) is 0.523. The molecule has 149 valence electrons. The van der Waals surface area contributed by atoms with Crippen LogP contribution in [-0.2, 0) is 4.74 Å². The van der Waals surface area contributed by atoms with Crippen molar-refractivity contribution >= 4 is 28.5 Å². The Kier molecular flexibility index (Phi) is 4.61. The van der Waals surface area contributed by atoms with Crippen LogP contribution in [0.3, 0.4) is 0 Å². The number of rotatable bonds is 2. The fourth-order valence-electron chi connectivity index (χ4n) is 4.41. The quantitative estimate of drug-likeness (QED) is 0.695. The minimum atomic E-state index is 0.0863. The zero-order valence-electron chi connectivity index (χ0n) is 16.2. The van der Waals surface area contributed by atoms with Gasteiger partial charge in [-0.25, -0.2) is 9.97 Å². The number of nitrogens with zero attached hydrogens (tertiary/aromatic N) is 5. The van der Waals surface area contributed by atoms with Gasteiger partial charge in [0.05, 0.1) is 35.1 Å². The maximum Gasteiger partial charge on any atom is 0.157 e. The van der Waals surface area contributed by atoms with Crippen LogP contribution in [0.25, 0.3) is 22.3 Å². The van der Waals surface area contributed by atoms with Crippen molar-refractivity contribution in [3.05, 3.63) is 41.9 Å². The summed E-state index contributed by atoms with van der Waals surface area (Å²) >= 11 is 6.54. The molecule has 2 fully saturated rings. The van der Waals surface area contributed by atoms with Gasteiger partial charge in [0.1, 0.15) is 11.7 Å². The summed E-state index contributed by atoms with van der Waals surface area (Å²) in [5.41, 5.74) is 9.34. The van der Waals surface area contributed by atoms with E-state index in [1.807, 2.05) is 12.1 Å². The van der Waals surface area contributed by atoms with Crippen molar-refractivity contribution in [3.8, 4) is 11.3 Å². The number of piperidine rings is 1. The number of hydrogen-bond donors (Lipinski definition) is 1. The Bertz CT molecular complexity index is 1040. The molecule has 0 bridgehead atoms. The maximum absolute atomic E-state index is 6.54. The lowest BCUT2D eigenvalue weighted by molar-refractivity contribution is 0.0974. The van der Waals surface area contributed by atoms with Crippen LogP contribution in [0, 0.1) is 11.6 Å². The van der Waals surface area contributed by atoms with Crippen LogP contribution in [0.15, 0.2) is 30.7 Å². The topological polar surface area (TPSA) is 90.0 Å². The maximum atomic E-state index is 6.54. The molecule has 1 spiro atoms. The van der Waals surface area contributed by atoms with Gasteiger partial charge in [-0.05, 0) is 31.9 Å². The van der Waals surface area contributed by atoms with Crippen LogP contribution in [0.2, 0.25) is 5.02 Å². The minimum absolute atomic E-state index is 0.0863. The Hall–Kier alpha value is -2.35. The summed E-state index contributed by atoms with van der Waals surface area (Å²) < 4.78 is 5.80. The van der Waals surface area contributed by atoms with Gasteiger partial charge in [-0.1, -0.05) is 11.6 Å². The number of ether oxygens (including phenoxy) is 1.